The van der Waals surface area contributed by atoms with E-state index in [9.17, 15) is 13.2 Å². The molecule has 4 nitrogen and oxygen atoms in total. The minimum Gasteiger partial charge on any atom is -0.478 e. The molecule has 0 spiro atoms. The van der Waals surface area contributed by atoms with Crippen LogP contribution in [0.5, 0.6) is 0 Å². The number of carboxylic acids is 1. The summed E-state index contributed by atoms with van der Waals surface area (Å²) < 4.78 is 24.2. The van der Waals surface area contributed by atoms with Gasteiger partial charge < -0.3 is 5.11 Å². The van der Waals surface area contributed by atoms with E-state index in [-0.39, 0.29) is 21.2 Å². The maximum Gasteiger partial charge on any atom is 0.337 e. The van der Waals surface area contributed by atoms with E-state index in [0.29, 0.717) is 6.42 Å². The van der Waals surface area contributed by atoms with E-state index in [1.54, 1.807) is 0 Å². The molecule has 0 aliphatic heterocycles. The van der Waals surface area contributed by atoms with Crippen molar-refractivity contribution in [2.75, 3.05) is 5.75 Å². The number of halogens is 1. The Labute approximate surface area is 124 Å². The van der Waals surface area contributed by atoms with E-state index in [1.807, 2.05) is 0 Å². The second kappa shape index (κ2) is 7.64. The van der Waals surface area contributed by atoms with Gasteiger partial charge in [0.25, 0.3) is 0 Å². The molecule has 20 heavy (non-hydrogen) atoms. The van der Waals surface area contributed by atoms with Gasteiger partial charge in [0, 0.05) is 0 Å². The van der Waals surface area contributed by atoms with Crippen LogP contribution in [-0.4, -0.2) is 25.2 Å². The predicted octanol–water partition coefficient (Wildman–Crippen LogP) is 3.78. The summed E-state index contributed by atoms with van der Waals surface area (Å²) in [4.78, 5) is 10.9. The molecule has 0 unspecified atom stereocenters. The van der Waals surface area contributed by atoms with Crippen molar-refractivity contribution in [3.05, 3.63) is 28.8 Å². The zero-order valence-corrected chi connectivity index (χ0v) is 13.0. The maximum atomic E-state index is 12.1. The standard InChI is InChI=1S/C14H19ClO4S/c1-2-3-4-5-6-9-20(18,19)11-7-8-12(14(16)17)13(15)10-11/h7-8,10H,2-6,9H2,1H3,(H,16,17). The van der Waals surface area contributed by atoms with Crippen molar-refractivity contribution >= 4 is 27.4 Å². The van der Waals surface area contributed by atoms with Crippen molar-refractivity contribution in [2.45, 2.75) is 43.9 Å². The highest BCUT2D eigenvalue weighted by Gasteiger charge is 2.17. The van der Waals surface area contributed by atoms with Crippen molar-refractivity contribution < 1.29 is 18.3 Å². The van der Waals surface area contributed by atoms with Crippen molar-refractivity contribution in [2.24, 2.45) is 0 Å². The van der Waals surface area contributed by atoms with Crippen LogP contribution in [0.2, 0.25) is 5.02 Å². The fourth-order valence-electron chi connectivity index (χ4n) is 1.88. The zero-order chi connectivity index (χ0) is 15.2. The van der Waals surface area contributed by atoms with Gasteiger partial charge in [-0.1, -0.05) is 44.2 Å². The Morgan fingerprint density at radius 2 is 1.85 bits per heavy atom. The van der Waals surface area contributed by atoms with Gasteiger partial charge in [0.15, 0.2) is 9.84 Å². The molecule has 1 N–H and O–H groups in total. The van der Waals surface area contributed by atoms with Gasteiger partial charge in [0.1, 0.15) is 0 Å². The molecule has 1 rings (SSSR count). The van der Waals surface area contributed by atoms with Crippen molar-refractivity contribution in [3.63, 3.8) is 0 Å². The van der Waals surface area contributed by atoms with Crippen LogP contribution in [0.25, 0.3) is 0 Å². The smallest absolute Gasteiger partial charge is 0.337 e. The van der Waals surface area contributed by atoms with Crippen LogP contribution < -0.4 is 0 Å². The van der Waals surface area contributed by atoms with Gasteiger partial charge in [-0.2, -0.15) is 0 Å². The molecular formula is C14H19ClO4S. The lowest BCUT2D eigenvalue weighted by Crippen LogP contribution is -2.08. The number of carbonyl (C=O) groups is 1. The molecule has 0 radical (unpaired) electrons. The highest BCUT2D eigenvalue weighted by molar-refractivity contribution is 7.91. The maximum absolute atomic E-state index is 12.1. The zero-order valence-electron chi connectivity index (χ0n) is 11.4. The van der Waals surface area contributed by atoms with Crippen LogP contribution in [-0.2, 0) is 9.84 Å². The molecule has 1 aromatic rings. The molecule has 0 bridgehead atoms. The molecule has 6 heteroatoms. The Balaban J connectivity index is 2.73. The quantitative estimate of drug-likeness (QED) is 0.740. The average Bonchev–Trinajstić information content (AvgIpc) is 2.37. The predicted molar refractivity (Wildman–Crippen MR) is 79.2 cm³/mol. The van der Waals surface area contributed by atoms with Gasteiger partial charge in [-0.05, 0) is 24.6 Å². The summed E-state index contributed by atoms with van der Waals surface area (Å²) in [6.45, 7) is 2.10. The Morgan fingerprint density at radius 1 is 1.20 bits per heavy atom. The van der Waals surface area contributed by atoms with Crippen LogP contribution in [0.3, 0.4) is 0 Å². The molecule has 0 saturated heterocycles. The number of rotatable bonds is 8. The Morgan fingerprint density at radius 3 is 2.40 bits per heavy atom. The van der Waals surface area contributed by atoms with Crippen LogP contribution in [0.4, 0.5) is 0 Å². The molecule has 1 aromatic carbocycles. The lowest BCUT2D eigenvalue weighted by molar-refractivity contribution is 0.0697. The Kier molecular flexibility index (Phi) is 6.49. The first-order valence-corrected chi connectivity index (χ1v) is 8.67. The van der Waals surface area contributed by atoms with Gasteiger partial charge in [-0.25, -0.2) is 13.2 Å². The Hall–Kier alpha value is -1.07. The second-order valence-corrected chi connectivity index (χ2v) is 7.20. The highest BCUT2D eigenvalue weighted by Crippen LogP contribution is 2.22. The van der Waals surface area contributed by atoms with Crippen LogP contribution in [0, 0.1) is 0 Å². The van der Waals surface area contributed by atoms with Gasteiger partial charge in [0.05, 0.1) is 21.2 Å². The summed E-state index contributed by atoms with van der Waals surface area (Å²) in [5.74, 6) is -1.10. The number of carboxylic acid groups (broad SMARTS) is 1. The largest absolute Gasteiger partial charge is 0.478 e. The normalized spacial score (nSPS) is 11.5. The summed E-state index contributed by atoms with van der Waals surface area (Å²) in [7, 11) is -3.39. The summed E-state index contributed by atoms with van der Waals surface area (Å²) in [5, 5.41) is 8.80. The second-order valence-electron chi connectivity index (χ2n) is 4.68. The summed E-state index contributed by atoms with van der Waals surface area (Å²) in [5.41, 5.74) is -0.0893. The molecule has 0 heterocycles. The van der Waals surface area contributed by atoms with Gasteiger partial charge in [-0.15, -0.1) is 0 Å². The summed E-state index contributed by atoms with van der Waals surface area (Å²) >= 11 is 5.79. The summed E-state index contributed by atoms with van der Waals surface area (Å²) in [6, 6.07) is 3.75. The minimum absolute atomic E-state index is 0.0513. The van der Waals surface area contributed by atoms with Crippen molar-refractivity contribution in [3.8, 4) is 0 Å². The molecule has 0 aromatic heterocycles. The number of hydrogen-bond acceptors (Lipinski definition) is 3. The first kappa shape index (κ1) is 17.0. The fraction of sp³-hybridized carbons (Fsp3) is 0.500. The third kappa shape index (κ3) is 4.80. The topological polar surface area (TPSA) is 71.4 Å². The first-order valence-electron chi connectivity index (χ1n) is 6.64. The third-order valence-electron chi connectivity index (χ3n) is 3.05. The van der Waals surface area contributed by atoms with Crippen LogP contribution in [0.1, 0.15) is 49.4 Å². The van der Waals surface area contributed by atoms with Crippen LogP contribution >= 0.6 is 11.6 Å². The molecule has 0 atom stereocenters. The monoisotopic (exact) mass is 318 g/mol. The van der Waals surface area contributed by atoms with E-state index < -0.39 is 15.8 Å². The molecule has 112 valence electrons. The highest BCUT2D eigenvalue weighted by atomic mass is 35.5. The molecule has 0 aliphatic carbocycles. The number of hydrogen-bond donors (Lipinski definition) is 1. The summed E-state index contributed by atoms with van der Waals surface area (Å²) in [6.07, 6.45) is 4.75. The number of benzene rings is 1. The molecule has 0 aliphatic rings. The SMILES string of the molecule is CCCCCCCS(=O)(=O)c1ccc(C(=O)O)c(Cl)c1. The first-order chi connectivity index (χ1) is 9.38. The number of sulfone groups is 1. The van der Waals surface area contributed by atoms with Crippen molar-refractivity contribution in [1.82, 2.24) is 0 Å². The van der Waals surface area contributed by atoms with Gasteiger partial charge in [-0.3, -0.25) is 0 Å². The minimum atomic E-state index is -3.39. The van der Waals surface area contributed by atoms with Crippen LogP contribution in [0.15, 0.2) is 23.1 Å². The molecule has 0 saturated carbocycles. The van der Waals surface area contributed by atoms with E-state index in [2.05, 4.69) is 6.92 Å². The third-order valence-corrected chi connectivity index (χ3v) is 5.16. The molecule has 0 amide bonds. The van der Waals surface area contributed by atoms with E-state index >= 15 is 0 Å². The average molecular weight is 319 g/mol. The number of unbranched alkanes of at least 4 members (excludes halogenated alkanes) is 4. The Bertz CT molecular complexity index is 567. The lowest BCUT2D eigenvalue weighted by Gasteiger charge is -2.06. The molecular weight excluding hydrogens is 300 g/mol. The van der Waals surface area contributed by atoms with Crippen molar-refractivity contribution in [1.29, 1.82) is 0 Å². The fourth-order valence-corrected chi connectivity index (χ4v) is 3.59. The van der Waals surface area contributed by atoms with E-state index in [0.717, 1.165) is 25.7 Å². The van der Waals surface area contributed by atoms with E-state index in [1.165, 1.54) is 18.2 Å². The van der Waals surface area contributed by atoms with E-state index in [4.69, 9.17) is 16.7 Å². The van der Waals surface area contributed by atoms with Gasteiger partial charge in [0.2, 0.25) is 0 Å². The van der Waals surface area contributed by atoms with Gasteiger partial charge >= 0.3 is 5.97 Å². The lowest BCUT2D eigenvalue weighted by atomic mass is 10.2. The number of aromatic carboxylic acids is 1. The molecule has 0 fully saturated rings.